The molecule has 3 rings (SSSR count). The van der Waals surface area contributed by atoms with Crippen molar-refractivity contribution in [2.75, 3.05) is 19.6 Å². The van der Waals surface area contributed by atoms with Crippen LogP contribution >= 0.6 is 0 Å². The van der Waals surface area contributed by atoms with Crippen LogP contribution in [0.15, 0.2) is 12.4 Å². The quantitative estimate of drug-likeness (QED) is 0.836. The zero-order valence-corrected chi connectivity index (χ0v) is 13.9. The molecule has 2 aliphatic heterocycles. The number of amides is 1. The van der Waals surface area contributed by atoms with Gasteiger partial charge in [-0.3, -0.25) is 14.4 Å². The average Bonchev–Trinajstić information content (AvgIpc) is 3.23. The van der Waals surface area contributed by atoms with Crippen LogP contribution in [-0.4, -0.2) is 57.2 Å². The predicted molar refractivity (Wildman–Crippen MR) is 86.6 cm³/mol. The molecule has 2 fully saturated rings. The first-order valence-corrected chi connectivity index (χ1v) is 8.71. The van der Waals surface area contributed by atoms with Crippen molar-refractivity contribution >= 4 is 5.91 Å². The van der Waals surface area contributed by atoms with Crippen molar-refractivity contribution in [2.24, 2.45) is 0 Å². The molecule has 2 saturated heterocycles. The van der Waals surface area contributed by atoms with E-state index in [0.717, 1.165) is 25.1 Å². The lowest BCUT2D eigenvalue weighted by Crippen LogP contribution is -2.48. The predicted octanol–water partition coefficient (Wildman–Crippen LogP) is 2.06. The minimum atomic E-state index is 0.304. The first-order chi connectivity index (χ1) is 10.7. The van der Waals surface area contributed by atoms with Crippen LogP contribution in [0.2, 0.25) is 0 Å². The molecule has 122 valence electrons. The van der Waals surface area contributed by atoms with E-state index in [-0.39, 0.29) is 0 Å². The molecule has 2 aliphatic rings. The van der Waals surface area contributed by atoms with E-state index in [1.807, 2.05) is 24.0 Å². The molecule has 0 radical (unpaired) electrons. The monoisotopic (exact) mass is 304 g/mol. The van der Waals surface area contributed by atoms with Crippen LogP contribution in [0.3, 0.4) is 0 Å². The fourth-order valence-corrected chi connectivity index (χ4v) is 4.13. The zero-order valence-electron chi connectivity index (χ0n) is 13.9. The lowest BCUT2D eigenvalue weighted by atomic mass is 10.0. The molecule has 0 aromatic carbocycles. The molecule has 0 bridgehead atoms. The molecular formula is C17H28N4O. The Balaban J connectivity index is 1.58. The van der Waals surface area contributed by atoms with E-state index in [1.54, 1.807) is 0 Å². The van der Waals surface area contributed by atoms with Gasteiger partial charge >= 0.3 is 0 Å². The molecular weight excluding hydrogens is 276 g/mol. The third kappa shape index (κ3) is 3.19. The summed E-state index contributed by atoms with van der Waals surface area (Å²) in [6.07, 6.45) is 9.28. The summed E-state index contributed by atoms with van der Waals surface area (Å²) in [4.78, 5) is 17.4. The van der Waals surface area contributed by atoms with Crippen molar-refractivity contribution in [3.05, 3.63) is 18.0 Å². The summed E-state index contributed by atoms with van der Waals surface area (Å²) in [6, 6.07) is 1.03. The molecule has 0 N–H and O–H groups in total. The normalized spacial score (nSPS) is 26.0. The second-order valence-corrected chi connectivity index (χ2v) is 6.67. The molecule has 0 saturated carbocycles. The van der Waals surface area contributed by atoms with Gasteiger partial charge in [-0.15, -0.1) is 0 Å². The van der Waals surface area contributed by atoms with E-state index < -0.39 is 0 Å². The molecule has 1 amide bonds. The van der Waals surface area contributed by atoms with Crippen molar-refractivity contribution in [1.29, 1.82) is 0 Å². The van der Waals surface area contributed by atoms with Crippen LogP contribution in [0, 0.1) is 6.92 Å². The van der Waals surface area contributed by atoms with E-state index in [0.29, 0.717) is 31.0 Å². The van der Waals surface area contributed by atoms with Crippen LogP contribution in [0.1, 0.15) is 44.6 Å². The highest BCUT2D eigenvalue weighted by molar-refractivity contribution is 5.76. The molecule has 1 aromatic rings. The summed E-state index contributed by atoms with van der Waals surface area (Å²) in [7, 11) is 0. The van der Waals surface area contributed by atoms with Crippen molar-refractivity contribution in [1.82, 2.24) is 19.6 Å². The van der Waals surface area contributed by atoms with Gasteiger partial charge in [-0.25, -0.2) is 0 Å². The average molecular weight is 304 g/mol. The van der Waals surface area contributed by atoms with Gasteiger partial charge in [-0.05, 0) is 51.3 Å². The number of likely N-dealkylation sites (tertiary alicyclic amines) is 2. The Morgan fingerprint density at radius 3 is 2.77 bits per heavy atom. The number of hydrogen-bond donors (Lipinski definition) is 0. The summed E-state index contributed by atoms with van der Waals surface area (Å²) in [5.41, 5.74) is 1.15. The Kier molecular flexibility index (Phi) is 4.81. The Morgan fingerprint density at radius 1 is 1.27 bits per heavy atom. The Bertz CT molecular complexity index is 513. The van der Waals surface area contributed by atoms with Crippen LogP contribution < -0.4 is 0 Å². The second kappa shape index (κ2) is 6.82. The number of carbonyl (C=O) groups excluding carboxylic acids is 1. The van der Waals surface area contributed by atoms with E-state index in [2.05, 4.69) is 21.8 Å². The summed E-state index contributed by atoms with van der Waals surface area (Å²) < 4.78 is 1.88. The fourth-order valence-electron chi connectivity index (χ4n) is 4.13. The van der Waals surface area contributed by atoms with Gasteiger partial charge in [0, 0.05) is 37.8 Å². The standard InChI is InChI=1S/C17H28N4O/c1-3-19-9-4-6-15(19)16-7-5-10-21(16)17(22)8-11-20-13-14(2)12-18-20/h12-13,15-16H,3-11H2,1-2H3/t15-,16+/m1/s1. The Hall–Kier alpha value is -1.36. The number of aromatic nitrogens is 2. The third-order valence-electron chi connectivity index (χ3n) is 5.20. The van der Waals surface area contributed by atoms with Gasteiger partial charge in [0.2, 0.25) is 5.91 Å². The summed E-state index contributed by atoms with van der Waals surface area (Å²) in [5, 5.41) is 4.27. The molecule has 0 unspecified atom stereocenters. The van der Waals surface area contributed by atoms with Crippen LogP contribution in [0.4, 0.5) is 0 Å². The largest absolute Gasteiger partial charge is 0.338 e. The van der Waals surface area contributed by atoms with Gasteiger partial charge in [0.15, 0.2) is 0 Å². The molecule has 2 atom stereocenters. The Labute approximate surface area is 133 Å². The van der Waals surface area contributed by atoms with Gasteiger partial charge < -0.3 is 4.90 Å². The summed E-state index contributed by atoms with van der Waals surface area (Å²) in [6.45, 7) is 8.20. The Morgan fingerprint density at radius 2 is 2.05 bits per heavy atom. The smallest absolute Gasteiger partial charge is 0.224 e. The van der Waals surface area contributed by atoms with E-state index in [1.165, 1.54) is 25.8 Å². The number of aryl methyl sites for hydroxylation is 2. The minimum absolute atomic E-state index is 0.304. The molecule has 22 heavy (non-hydrogen) atoms. The maximum Gasteiger partial charge on any atom is 0.224 e. The molecule has 5 nitrogen and oxygen atoms in total. The van der Waals surface area contributed by atoms with Crippen LogP contribution in [0.5, 0.6) is 0 Å². The van der Waals surface area contributed by atoms with Gasteiger partial charge in [-0.1, -0.05) is 6.92 Å². The fraction of sp³-hybridized carbons (Fsp3) is 0.765. The molecule has 3 heterocycles. The number of hydrogen-bond acceptors (Lipinski definition) is 3. The van der Waals surface area contributed by atoms with Gasteiger partial charge in [-0.2, -0.15) is 5.10 Å². The summed E-state index contributed by atoms with van der Waals surface area (Å²) >= 11 is 0. The number of rotatable bonds is 5. The summed E-state index contributed by atoms with van der Waals surface area (Å²) in [5.74, 6) is 0.304. The SMILES string of the molecule is CCN1CCC[C@@H]1[C@@H]1CCCN1C(=O)CCn1cc(C)cn1. The van der Waals surface area contributed by atoms with Crippen molar-refractivity contribution < 1.29 is 4.79 Å². The van der Waals surface area contributed by atoms with Gasteiger partial charge in [0.05, 0.1) is 6.20 Å². The third-order valence-corrected chi connectivity index (χ3v) is 5.20. The van der Waals surface area contributed by atoms with Crippen molar-refractivity contribution in [3.63, 3.8) is 0 Å². The van der Waals surface area contributed by atoms with E-state index >= 15 is 0 Å². The highest BCUT2D eigenvalue weighted by Crippen LogP contribution is 2.30. The van der Waals surface area contributed by atoms with E-state index in [9.17, 15) is 4.79 Å². The van der Waals surface area contributed by atoms with E-state index in [4.69, 9.17) is 0 Å². The maximum absolute atomic E-state index is 12.7. The number of likely N-dealkylation sites (N-methyl/N-ethyl adjacent to an activating group) is 1. The molecule has 5 heteroatoms. The highest BCUT2D eigenvalue weighted by atomic mass is 16.2. The highest BCUT2D eigenvalue weighted by Gasteiger charge is 2.38. The second-order valence-electron chi connectivity index (χ2n) is 6.67. The van der Waals surface area contributed by atoms with Crippen molar-refractivity contribution in [2.45, 2.75) is 64.6 Å². The molecule has 0 spiro atoms. The first-order valence-electron chi connectivity index (χ1n) is 8.71. The number of nitrogens with zero attached hydrogens (tertiary/aromatic N) is 4. The lowest BCUT2D eigenvalue weighted by Gasteiger charge is -2.34. The zero-order chi connectivity index (χ0) is 15.5. The van der Waals surface area contributed by atoms with Gasteiger partial charge in [0.25, 0.3) is 0 Å². The van der Waals surface area contributed by atoms with Crippen LogP contribution in [0.25, 0.3) is 0 Å². The molecule has 0 aliphatic carbocycles. The topological polar surface area (TPSA) is 41.4 Å². The maximum atomic E-state index is 12.7. The first kappa shape index (κ1) is 15.5. The van der Waals surface area contributed by atoms with Crippen molar-refractivity contribution in [3.8, 4) is 0 Å². The van der Waals surface area contributed by atoms with Crippen LogP contribution in [-0.2, 0) is 11.3 Å². The lowest BCUT2D eigenvalue weighted by molar-refractivity contribution is -0.133. The van der Waals surface area contributed by atoms with Gasteiger partial charge in [0.1, 0.15) is 0 Å². The molecule has 1 aromatic heterocycles. The number of carbonyl (C=O) groups is 1. The minimum Gasteiger partial charge on any atom is -0.338 e.